The number of fused-ring (bicyclic) bond motifs is 2. The minimum atomic E-state index is -4.29. The van der Waals surface area contributed by atoms with Crippen LogP contribution in [0.2, 0.25) is 0 Å². The van der Waals surface area contributed by atoms with Gasteiger partial charge in [-0.15, -0.1) is 0 Å². The molecular weight excluding hydrogens is 561 g/mol. The maximum atomic E-state index is 12.1. The summed E-state index contributed by atoms with van der Waals surface area (Å²) in [6.45, 7) is 0. The van der Waals surface area contributed by atoms with Gasteiger partial charge in [0, 0.05) is 39.4 Å². The van der Waals surface area contributed by atoms with Crippen LogP contribution >= 0.6 is 0 Å². The van der Waals surface area contributed by atoms with Gasteiger partial charge in [0.25, 0.3) is 10.1 Å². The number of carbonyl (C=O) groups excluding carboxylic acids is 1. The van der Waals surface area contributed by atoms with E-state index in [9.17, 15) is 22.9 Å². The Bertz CT molecular complexity index is 2040. The van der Waals surface area contributed by atoms with Crippen LogP contribution in [0.15, 0.2) is 120 Å². The molecule has 0 aliphatic carbocycles. The Labute approximate surface area is 264 Å². The number of carboxylic acids is 1. The Hall–Kier alpha value is -4.18. The molecule has 1 aliphatic heterocycles. The van der Waals surface area contributed by atoms with E-state index in [2.05, 4.69) is 5.32 Å². The van der Waals surface area contributed by atoms with Crippen molar-refractivity contribution in [1.29, 1.82) is 0 Å². The van der Waals surface area contributed by atoms with Crippen LogP contribution in [-0.4, -0.2) is 18.9 Å². The van der Waals surface area contributed by atoms with Crippen molar-refractivity contribution in [3.8, 4) is 11.5 Å². The topological polar surface area (TPSA) is 116 Å². The molecule has 0 unspecified atom stereocenters. The van der Waals surface area contributed by atoms with Gasteiger partial charge in [-0.1, -0.05) is 60.7 Å². The number of hydrogen-bond acceptors (Lipinski definition) is 6. The molecule has 0 radical (unpaired) electrons. The fourth-order valence-electron chi connectivity index (χ4n) is 4.86. The molecule has 202 valence electrons. The zero-order chi connectivity index (χ0) is 28.6. The van der Waals surface area contributed by atoms with E-state index in [-0.39, 0.29) is 40.0 Å². The molecule has 6 rings (SSSR count). The monoisotopic (exact) mass is 583 g/mol. The molecule has 2 N–H and O–H groups in total. The normalized spacial score (nSPS) is 12.4. The van der Waals surface area contributed by atoms with Crippen LogP contribution in [0.3, 0.4) is 0 Å². The number of rotatable bonds is 6. The van der Waals surface area contributed by atoms with Crippen LogP contribution in [0.5, 0.6) is 11.5 Å². The molecule has 0 saturated heterocycles. The first-order valence-corrected chi connectivity index (χ1v) is 14.1. The summed E-state index contributed by atoms with van der Waals surface area (Å²) in [6.07, 6.45) is 1.84. The number of hydrogen-bond donors (Lipinski definition) is 2. The third-order valence-electron chi connectivity index (χ3n) is 6.74. The van der Waals surface area contributed by atoms with Crippen LogP contribution < -0.4 is 55.2 Å². The molecular formula is C33H22NNaO6S. The Kier molecular flexibility index (Phi) is 8.36. The summed E-state index contributed by atoms with van der Waals surface area (Å²) in [7, 11) is -4.29. The van der Waals surface area contributed by atoms with Crippen molar-refractivity contribution in [3.05, 3.63) is 148 Å². The van der Waals surface area contributed by atoms with E-state index >= 15 is 0 Å². The average molecular weight is 584 g/mol. The van der Waals surface area contributed by atoms with Crippen LogP contribution in [0.1, 0.15) is 27.0 Å². The second-order valence-corrected chi connectivity index (χ2v) is 10.9. The summed E-state index contributed by atoms with van der Waals surface area (Å²) in [5.41, 5.74) is 4.45. The molecule has 7 nitrogen and oxygen atoms in total. The first-order valence-electron chi connectivity index (χ1n) is 12.6. The molecule has 0 amide bonds. The van der Waals surface area contributed by atoms with Crippen molar-refractivity contribution < 1.29 is 57.2 Å². The fraction of sp³-hybridized carbons (Fsp3) is 0. The Morgan fingerprint density at radius 1 is 0.762 bits per heavy atom. The number of aromatic carboxylic acids is 1. The second kappa shape index (κ2) is 12.0. The van der Waals surface area contributed by atoms with Gasteiger partial charge in [-0.05, 0) is 71.0 Å². The van der Waals surface area contributed by atoms with E-state index in [0.29, 0.717) is 27.9 Å². The van der Waals surface area contributed by atoms with Gasteiger partial charge < -0.3 is 20.0 Å². The van der Waals surface area contributed by atoms with Crippen molar-refractivity contribution in [2.24, 2.45) is 0 Å². The molecule has 0 bridgehead atoms. The average Bonchev–Trinajstić information content (AvgIpc) is 2.96. The zero-order valence-electron chi connectivity index (χ0n) is 22.4. The maximum Gasteiger partial charge on any atom is 1.00 e. The van der Waals surface area contributed by atoms with Crippen molar-refractivity contribution in [2.45, 2.75) is 4.90 Å². The molecule has 0 aromatic heterocycles. The van der Waals surface area contributed by atoms with Gasteiger partial charge in [0.15, 0.2) is 0 Å². The Morgan fingerprint density at radius 3 is 2.19 bits per heavy atom. The van der Waals surface area contributed by atoms with Gasteiger partial charge in [-0.25, -0.2) is 0 Å². The number of benzene rings is 5. The van der Waals surface area contributed by atoms with E-state index in [1.165, 1.54) is 18.2 Å². The Balaban J connectivity index is 0.00000353. The quantitative estimate of drug-likeness (QED) is 0.224. The van der Waals surface area contributed by atoms with E-state index in [1.54, 1.807) is 30.3 Å². The summed E-state index contributed by atoms with van der Waals surface area (Å²) in [5, 5.41) is 16.9. The smallest absolute Gasteiger partial charge is 0.545 e. The van der Waals surface area contributed by atoms with E-state index in [4.69, 9.17) is 4.74 Å². The Morgan fingerprint density at radius 2 is 1.48 bits per heavy atom. The number of ether oxygens (including phenoxy) is 1. The molecule has 0 spiro atoms. The molecule has 0 atom stereocenters. The maximum absolute atomic E-state index is 12.1. The van der Waals surface area contributed by atoms with Gasteiger partial charge in [0.1, 0.15) is 11.5 Å². The number of nitrogens with one attached hydrogen (secondary N) is 1. The molecule has 5 aromatic rings. The molecule has 1 heterocycles. The van der Waals surface area contributed by atoms with Crippen LogP contribution in [0, 0.1) is 0 Å². The standard InChI is InChI=1S/C33H23NO6S.Na/c35-33(36)27-9-5-4-8-26(27)32-28-16-12-22(18-21-10-14-25(15-11-21)41(37,38)39)19-30(28)40-31-20-24(13-17-29(31)32)34-23-6-2-1-3-7-23;/h1-20,34H,(H,35,36)(H,37,38,39);/q;+1/p-1/b22-18+;. The van der Waals surface area contributed by atoms with E-state index < -0.39 is 16.1 Å². The summed E-state index contributed by atoms with van der Waals surface area (Å²) in [5.74, 6) is -0.194. The van der Waals surface area contributed by atoms with Crippen molar-refractivity contribution >= 4 is 39.1 Å². The van der Waals surface area contributed by atoms with Gasteiger partial charge in [-0.3, -0.25) is 4.55 Å². The van der Waals surface area contributed by atoms with E-state index in [0.717, 1.165) is 27.7 Å². The fourth-order valence-corrected chi connectivity index (χ4v) is 5.34. The number of carbonyl (C=O) groups is 1. The second-order valence-electron chi connectivity index (χ2n) is 9.46. The minimum absolute atomic E-state index is 0. The van der Waals surface area contributed by atoms with Crippen LogP contribution in [0.4, 0.5) is 11.4 Å². The summed E-state index contributed by atoms with van der Waals surface area (Å²) in [4.78, 5) is 11.9. The van der Waals surface area contributed by atoms with Crippen LogP contribution in [0.25, 0.3) is 11.6 Å². The largest absolute Gasteiger partial charge is 1.00 e. The summed E-state index contributed by atoms with van der Waals surface area (Å²) < 4.78 is 38.4. The molecule has 42 heavy (non-hydrogen) atoms. The predicted octanol–water partition coefficient (Wildman–Crippen LogP) is 1.23. The molecule has 9 heteroatoms. The van der Waals surface area contributed by atoms with Gasteiger partial charge in [0.05, 0.1) is 10.9 Å². The van der Waals surface area contributed by atoms with Gasteiger partial charge >= 0.3 is 29.6 Å². The number of para-hydroxylation sites is 1. The summed E-state index contributed by atoms with van der Waals surface area (Å²) in [6, 6.07) is 33.6. The van der Waals surface area contributed by atoms with Crippen molar-refractivity contribution in [1.82, 2.24) is 0 Å². The predicted molar refractivity (Wildman–Crippen MR) is 154 cm³/mol. The van der Waals surface area contributed by atoms with Gasteiger partial charge in [0.2, 0.25) is 0 Å². The molecule has 5 aromatic carbocycles. The zero-order valence-corrected chi connectivity index (χ0v) is 25.3. The number of carboxylic acid groups (broad SMARTS) is 1. The SMILES string of the molecule is O=C([O-])c1ccccc1C1=c2cc/c(=C\c3ccc(S(=O)(=O)O)cc3)cc2Oc2cc(Nc3ccccc3)ccc21.[Na+]. The molecule has 1 aliphatic rings. The third-order valence-corrected chi connectivity index (χ3v) is 7.60. The van der Waals surface area contributed by atoms with Crippen LogP contribution in [-0.2, 0) is 10.1 Å². The number of anilines is 2. The summed E-state index contributed by atoms with van der Waals surface area (Å²) >= 11 is 0. The van der Waals surface area contributed by atoms with Crippen molar-refractivity contribution in [2.75, 3.05) is 5.32 Å². The van der Waals surface area contributed by atoms with Crippen molar-refractivity contribution in [3.63, 3.8) is 0 Å². The first-order chi connectivity index (χ1) is 19.8. The van der Waals surface area contributed by atoms with E-state index in [1.807, 2.05) is 72.8 Å². The third kappa shape index (κ3) is 6.04. The first kappa shape index (κ1) is 29.3. The van der Waals surface area contributed by atoms with Gasteiger partial charge in [-0.2, -0.15) is 8.42 Å². The molecule has 0 fully saturated rings. The molecule has 0 saturated carbocycles. The minimum Gasteiger partial charge on any atom is -0.545 e.